The predicted octanol–water partition coefficient (Wildman–Crippen LogP) is 2.98. The zero-order valence-corrected chi connectivity index (χ0v) is 14.7. The van der Waals surface area contributed by atoms with Gasteiger partial charge in [-0.05, 0) is 55.7 Å². The van der Waals surface area contributed by atoms with Gasteiger partial charge in [0.1, 0.15) is 11.3 Å². The van der Waals surface area contributed by atoms with Gasteiger partial charge in [0.05, 0.1) is 5.69 Å². The topological polar surface area (TPSA) is 86.7 Å². The standard InChI is InChI=1S/C20H18N2O4/c1-11-8-12(2)17(13(3)9-11)22-19(25)16(18(24)21-20(22)26)10-14-4-6-15(23)7-5-14/h4-10,23H,1-3H3,(H,21,24,26)/b16-10+. The van der Waals surface area contributed by atoms with Crippen molar-refractivity contribution in [3.8, 4) is 5.75 Å². The number of hydrogen-bond donors (Lipinski definition) is 2. The van der Waals surface area contributed by atoms with Crippen LogP contribution in [0.25, 0.3) is 6.08 Å². The highest BCUT2D eigenvalue weighted by molar-refractivity contribution is 6.39. The maximum atomic E-state index is 12.9. The van der Waals surface area contributed by atoms with Gasteiger partial charge in [0, 0.05) is 0 Å². The number of hydrogen-bond acceptors (Lipinski definition) is 4. The van der Waals surface area contributed by atoms with Gasteiger partial charge >= 0.3 is 6.03 Å². The molecule has 0 aliphatic carbocycles. The molecule has 0 aromatic heterocycles. The van der Waals surface area contributed by atoms with Crippen LogP contribution in [0.4, 0.5) is 10.5 Å². The normalized spacial score (nSPS) is 16.2. The lowest BCUT2D eigenvalue weighted by molar-refractivity contribution is -0.122. The summed E-state index contributed by atoms with van der Waals surface area (Å²) < 4.78 is 0. The second-order valence-corrected chi connectivity index (χ2v) is 6.30. The summed E-state index contributed by atoms with van der Waals surface area (Å²) in [5, 5.41) is 11.6. The summed E-state index contributed by atoms with van der Waals surface area (Å²) in [5.74, 6) is -1.34. The molecule has 0 radical (unpaired) electrons. The molecule has 1 aliphatic rings. The summed E-state index contributed by atoms with van der Waals surface area (Å²) in [6.45, 7) is 5.56. The lowest BCUT2D eigenvalue weighted by atomic mass is 10.0. The SMILES string of the molecule is Cc1cc(C)c(N2C(=O)NC(=O)/C(=C\c3ccc(O)cc3)C2=O)c(C)c1. The highest BCUT2D eigenvalue weighted by Gasteiger charge is 2.38. The van der Waals surface area contributed by atoms with Crippen molar-refractivity contribution in [2.24, 2.45) is 0 Å². The Bertz CT molecular complexity index is 935. The first-order valence-electron chi connectivity index (χ1n) is 8.06. The van der Waals surface area contributed by atoms with Gasteiger partial charge in [-0.3, -0.25) is 14.9 Å². The van der Waals surface area contributed by atoms with Crippen LogP contribution >= 0.6 is 0 Å². The summed E-state index contributed by atoms with van der Waals surface area (Å²) in [5.41, 5.74) is 3.45. The molecule has 26 heavy (non-hydrogen) atoms. The van der Waals surface area contributed by atoms with Crippen LogP contribution in [0, 0.1) is 20.8 Å². The van der Waals surface area contributed by atoms with Gasteiger partial charge in [-0.1, -0.05) is 29.8 Å². The van der Waals surface area contributed by atoms with Crippen molar-refractivity contribution in [2.45, 2.75) is 20.8 Å². The molecule has 0 saturated carbocycles. The molecular weight excluding hydrogens is 332 g/mol. The first-order valence-corrected chi connectivity index (χ1v) is 8.06. The lowest BCUT2D eigenvalue weighted by Crippen LogP contribution is -2.54. The summed E-state index contributed by atoms with van der Waals surface area (Å²) in [6, 6.07) is 9.05. The van der Waals surface area contributed by atoms with E-state index in [1.165, 1.54) is 18.2 Å². The molecule has 2 N–H and O–H groups in total. The molecule has 6 heteroatoms. The Morgan fingerprint density at radius 3 is 2.12 bits per heavy atom. The predicted molar refractivity (Wildman–Crippen MR) is 97.8 cm³/mol. The Kier molecular flexibility index (Phi) is 4.34. The Morgan fingerprint density at radius 2 is 1.54 bits per heavy atom. The first kappa shape index (κ1) is 17.4. The Labute approximate surface area is 150 Å². The van der Waals surface area contributed by atoms with E-state index in [2.05, 4.69) is 5.32 Å². The summed E-state index contributed by atoms with van der Waals surface area (Å²) in [6.07, 6.45) is 1.40. The van der Waals surface area contributed by atoms with Crippen LogP contribution in [0.2, 0.25) is 0 Å². The van der Waals surface area contributed by atoms with Gasteiger partial charge in [-0.15, -0.1) is 0 Å². The summed E-state index contributed by atoms with van der Waals surface area (Å²) >= 11 is 0. The van der Waals surface area contributed by atoms with E-state index in [1.54, 1.807) is 12.1 Å². The number of rotatable bonds is 2. The van der Waals surface area contributed by atoms with Crippen LogP contribution in [-0.2, 0) is 9.59 Å². The van der Waals surface area contributed by atoms with E-state index in [1.807, 2.05) is 32.9 Å². The van der Waals surface area contributed by atoms with Gasteiger partial charge in [0.15, 0.2) is 0 Å². The fourth-order valence-corrected chi connectivity index (χ4v) is 3.12. The minimum atomic E-state index is -0.766. The number of anilines is 1. The third-order valence-electron chi connectivity index (χ3n) is 4.16. The van der Waals surface area contributed by atoms with Crippen molar-refractivity contribution >= 4 is 29.6 Å². The Morgan fingerprint density at radius 1 is 0.962 bits per heavy atom. The molecule has 1 heterocycles. The number of barbiturate groups is 1. The second kappa shape index (κ2) is 6.48. The van der Waals surface area contributed by atoms with Crippen molar-refractivity contribution in [3.05, 3.63) is 64.2 Å². The molecule has 0 bridgehead atoms. The number of nitrogens with zero attached hydrogens (tertiary/aromatic N) is 1. The van der Waals surface area contributed by atoms with Gasteiger partial charge in [-0.25, -0.2) is 9.69 Å². The number of phenolic OH excluding ortho intramolecular Hbond substituents is 1. The molecule has 132 valence electrons. The van der Waals surface area contributed by atoms with Crippen LogP contribution in [-0.4, -0.2) is 23.0 Å². The molecule has 1 fully saturated rings. The second-order valence-electron chi connectivity index (χ2n) is 6.30. The minimum absolute atomic E-state index is 0.0780. The third-order valence-corrected chi connectivity index (χ3v) is 4.16. The average molecular weight is 350 g/mol. The van der Waals surface area contributed by atoms with Gasteiger partial charge in [-0.2, -0.15) is 0 Å². The van der Waals surface area contributed by atoms with Crippen LogP contribution < -0.4 is 10.2 Å². The van der Waals surface area contributed by atoms with Gasteiger partial charge < -0.3 is 5.11 Å². The number of phenols is 1. The van der Waals surface area contributed by atoms with Gasteiger partial charge in [0.25, 0.3) is 11.8 Å². The fraction of sp³-hybridized carbons (Fsp3) is 0.150. The number of carbonyl (C=O) groups excluding carboxylic acids is 3. The molecule has 0 spiro atoms. The molecule has 3 rings (SSSR count). The van der Waals surface area contributed by atoms with E-state index in [9.17, 15) is 19.5 Å². The number of nitrogens with one attached hydrogen (secondary N) is 1. The number of benzene rings is 2. The van der Waals surface area contributed by atoms with Crippen molar-refractivity contribution in [1.29, 1.82) is 0 Å². The number of aromatic hydroxyl groups is 1. The largest absolute Gasteiger partial charge is 0.508 e. The molecule has 6 nitrogen and oxygen atoms in total. The van der Waals surface area contributed by atoms with Crippen molar-refractivity contribution in [1.82, 2.24) is 5.32 Å². The minimum Gasteiger partial charge on any atom is -0.508 e. The first-order chi connectivity index (χ1) is 12.3. The molecule has 2 aromatic rings. The van der Waals surface area contributed by atoms with Crippen molar-refractivity contribution in [2.75, 3.05) is 4.90 Å². The van der Waals surface area contributed by atoms with Crippen LogP contribution in [0.1, 0.15) is 22.3 Å². The Hall–Kier alpha value is -3.41. The number of amides is 4. The van der Waals surface area contributed by atoms with Crippen LogP contribution in [0.15, 0.2) is 42.0 Å². The number of carbonyl (C=O) groups is 3. The van der Waals surface area contributed by atoms with E-state index >= 15 is 0 Å². The van der Waals surface area contributed by atoms with E-state index in [-0.39, 0.29) is 11.3 Å². The van der Waals surface area contributed by atoms with Gasteiger partial charge in [0.2, 0.25) is 0 Å². The highest BCUT2D eigenvalue weighted by atomic mass is 16.3. The molecule has 0 unspecified atom stereocenters. The zero-order chi connectivity index (χ0) is 19.0. The van der Waals surface area contributed by atoms with Crippen LogP contribution in [0.5, 0.6) is 5.75 Å². The van der Waals surface area contributed by atoms with E-state index < -0.39 is 17.8 Å². The Balaban J connectivity index is 2.08. The van der Waals surface area contributed by atoms with E-state index in [0.717, 1.165) is 21.6 Å². The third kappa shape index (κ3) is 3.09. The van der Waals surface area contributed by atoms with Crippen molar-refractivity contribution in [3.63, 3.8) is 0 Å². The molecule has 2 aromatic carbocycles. The lowest BCUT2D eigenvalue weighted by Gasteiger charge is -2.29. The summed E-state index contributed by atoms with van der Waals surface area (Å²) in [7, 11) is 0. The maximum absolute atomic E-state index is 12.9. The number of aryl methyl sites for hydroxylation is 3. The summed E-state index contributed by atoms with van der Waals surface area (Å²) in [4.78, 5) is 38.5. The van der Waals surface area contributed by atoms with Crippen LogP contribution in [0.3, 0.4) is 0 Å². The molecule has 4 amide bonds. The maximum Gasteiger partial charge on any atom is 0.335 e. The number of urea groups is 1. The van der Waals surface area contributed by atoms with Crippen molar-refractivity contribution < 1.29 is 19.5 Å². The molecule has 1 saturated heterocycles. The zero-order valence-electron chi connectivity index (χ0n) is 14.7. The van der Waals surface area contributed by atoms with E-state index in [4.69, 9.17) is 0 Å². The fourth-order valence-electron chi connectivity index (χ4n) is 3.12. The van der Waals surface area contributed by atoms with E-state index in [0.29, 0.717) is 11.3 Å². The molecular formula is C20H18N2O4. The average Bonchev–Trinajstić information content (AvgIpc) is 2.55. The smallest absolute Gasteiger partial charge is 0.335 e. The highest BCUT2D eigenvalue weighted by Crippen LogP contribution is 2.29. The monoisotopic (exact) mass is 350 g/mol. The quantitative estimate of drug-likeness (QED) is 0.644. The number of imide groups is 2. The molecule has 0 atom stereocenters. The molecule has 1 aliphatic heterocycles.